The summed E-state index contributed by atoms with van der Waals surface area (Å²) in [5.41, 5.74) is 1.88. The minimum atomic E-state index is -0.380. The van der Waals surface area contributed by atoms with E-state index in [0.717, 1.165) is 22.7 Å². The van der Waals surface area contributed by atoms with Crippen LogP contribution in [0.1, 0.15) is 16.1 Å². The molecular weight excluding hydrogens is 276 g/mol. The smallest absolute Gasteiger partial charge is 0.290 e. The van der Waals surface area contributed by atoms with Crippen LogP contribution in [-0.2, 0) is 4.79 Å². The van der Waals surface area contributed by atoms with Crippen LogP contribution in [0.15, 0.2) is 35.2 Å². The van der Waals surface area contributed by atoms with Crippen molar-refractivity contribution in [3.8, 4) is 0 Å². The van der Waals surface area contributed by atoms with E-state index in [1.807, 2.05) is 6.07 Å². The summed E-state index contributed by atoms with van der Waals surface area (Å²) in [5.74, 6) is -0.380. The zero-order chi connectivity index (χ0) is 14.1. The van der Waals surface area contributed by atoms with Gasteiger partial charge in [-0.3, -0.25) is 19.7 Å². The lowest BCUT2D eigenvalue weighted by Crippen LogP contribution is -2.17. The Hall–Kier alpha value is -2.47. The molecule has 98 valence electrons. The molecule has 0 aliphatic carbocycles. The molecule has 1 aliphatic rings. The van der Waals surface area contributed by atoms with Crippen LogP contribution in [-0.4, -0.2) is 22.4 Å². The summed E-state index contributed by atoms with van der Waals surface area (Å²) in [6, 6.07) is 8.83. The molecule has 2 aromatic rings. The highest BCUT2D eigenvalue weighted by Crippen LogP contribution is 2.26. The first kappa shape index (κ1) is 12.6. The fraction of sp³-hybridized carbons (Fsp3) is 0. The molecule has 1 N–H and O–H groups in total. The number of aromatic nitrogens is 1. The number of imide groups is 1. The first-order valence-corrected chi connectivity index (χ1v) is 6.58. The maximum Gasteiger partial charge on any atom is 0.290 e. The van der Waals surface area contributed by atoms with Crippen molar-refractivity contribution >= 4 is 46.2 Å². The number of nitrogens with zero attached hydrogens (tertiary/aromatic N) is 1. The lowest BCUT2D eigenvalue weighted by atomic mass is 10.1. The highest BCUT2D eigenvalue weighted by Gasteiger charge is 2.24. The van der Waals surface area contributed by atoms with Crippen LogP contribution < -0.4 is 5.32 Å². The maximum absolute atomic E-state index is 11.5. The molecule has 1 aliphatic heterocycles. The molecule has 0 saturated carbocycles. The van der Waals surface area contributed by atoms with Crippen LogP contribution in [0.5, 0.6) is 0 Å². The van der Waals surface area contributed by atoms with Crippen molar-refractivity contribution in [2.45, 2.75) is 0 Å². The third kappa shape index (κ3) is 2.33. The van der Waals surface area contributed by atoms with Crippen molar-refractivity contribution in [1.29, 1.82) is 0 Å². The number of rotatable bonds is 2. The fourth-order valence-corrected chi connectivity index (χ4v) is 2.57. The van der Waals surface area contributed by atoms with E-state index in [1.54, 1.807) is 30.3 Å². The Bertz CT molecular complexity index is 783. The molecule has 0 radical (unpaired) electrons. The second-order valence-corrected chi connectivity index (χ2v) is 5.17. The summed E-state index contributed by atoms with van der Waals surface area (Å²) in [7, 11) is 0. The number of pyridine rings is 1. The average Bonchev–Trinajstić information content (AvgIpc) is 2.76. The third-order valence-corrected chi connectivity index (χ3v) is 3.61. The van der Waals surface area contributed by atoms with Crippen LogP contribution in [0.2, 0.25) is 0 Å². The van der Waals surface area contributed by atoms with Crippen LogP contribution in [0.25, 0.3) is 17.0 Å². The molecule has 1 aromatic carbocycles. The fourth-order valence-electron chi connectivity index (χ4n) is 1.89. The Morgan fingerprint density at radius 3 is 2.70 bits per heavy atom. The molecule has 2 amide bonds. The van der Waals surface area contributed by atoms with Crippen molar-refractivity contribution in [2.75, 3.05) is 0 Å². The summed E-state index contributed by atoms with van der Waals surface area (Å²) in [6.45, 7) is 0. The van der Waals surface area contributed by atoms with Gasteiger partial charge in [-0.05, 0) is 41.6 Å². The summed E-state index contributed by atoms with van der Waals surface area (Å²) in [5, 5.41) is 2.70. The Balaban J connectivity index is 2.01. The predicted molar refractivity (Wildman–Crippen MR) is 76.2 cm³/mol. The van der Waals surface area contributed by atoms with E-state index < -0.39 is 0 Å². The van der Waals surface area contributed by atoms with E-state index in [-0.39, 0.29) is 11.1 Å². The second-order valence-electron chi connectivity index (χ2n) is 4.16. The number of amides is 2. The summed E-state index contributed by atoms with van der Waals surface area (Å²) in [4.78, 5) is 37.7. The predicted octanol–water partition coefficient (Wildman–Crippen LogP) is 2.37. The van der Waals surface area contributed by atoms with Gasteiger partial charge in [0.1, 0.15) is 5.69 Å². The minimum Gasteiger partial charge on any atom is -0.296 e. The molecule has 0 atom stereocenters. The van der Waals surface area contributed by atoms with Crippen molar-refractivity contribution in [1.82, 2.24) is 10.3 Å². The van der Waals surface area contributed by atoms with Crippen molar-refractivity contribution in [3.63, 3.8) is 0 Å². The third-order valence-electron chi connectivity index (χ3n) is 2.80. The topological polar surface area (TPSA) is 76.1 Å². The van der Waals surface area contributed by atoms with Gasteiger partial charge in [-0.25, -0.2) is 4.98 Å². The van der Waals surface area contributed by atoms with Gasteiger partial charge >= 0.3 is 0 Å². The zero-order valence-electron chi connectivity index (χ0n) is 10.1. The van der Waals surface area contributed by atoms with Gasteiger partial charge in [0.15, 0.2) is 6.29 Å². The highest BCUT2D eigenvalue weighted by molar-refractivity contribution is 8.18. The molecule has 0 bridgehead atoms. The van der Waals surface area contributed by atoms with Gasteiger partial charge in [0.25, 0.3) is 11.1 Å². The van der Waals surface area contributed by atoms with E-state index in [9.17, 15) is 14.4 Å². The molecule has 1 fully saturated rings. The first-order valence-electron chi connectivity index (χ1n) is 5.76. The van der Waals surface area contributed by atoms with Crippen LogP contribution in [0.3, 0.4) is 0 Å². The summed E-state index contributed by atoms with van der Waals surface area (Å²) < 4.78 is 0. The minimum absolute atomic E-state index is 0.362. The molecule has 20 heavy (non-hydrogen) atoms. The number of hydrogen-bond donors (Lipinski definition) is 1. The molecule has 3 rings (SSSR count). The largest absolute Gasteiger partial charge is 0.296 e. The van der Waals surface area contributed by atoms with Crippen LogP contribution >= 0.6 is 11.8 Å². The summed E-state index contributed by atoms with van der Waals surface area (Å²) in [6.07, 6.45) is 2.35. The Morgan fingerprint density at radius 1 is 1.15 bits per heavy atom. The SMILES string of the molecule is O=Cc1ccc2cc(C=C3SC(=O)NC3=O)ccc2n1. The molecule has 2 heterocycles. The number of aldehydes is 1. The molecule has 1 aromatic heterocycles. The Labute approximate surface area is 118 Å². The molecule has 0 spiro atoms. The van der Waals surface area contributed by atoms with E-state index >= 15 is 0 Å². The van der Waals surface area contributed by atoms with E-state index in [2.05, 4.69) is 10.3 Å². The number of hydrogen-bond acceptors (Lipinski definition) is 5. The molecule has 1 saturated heterocycles. The van der Waals surface area contributed by atoms with E-state index in [4.69, 9.17) is 0 Å². The Kier molecular flexibility index (Phi) is 3.08. The van der Waals surface area contributed by atoms with Gasteiger partial charge in [-0.2, -0.15) is 0 Å². The number of fused-ring (bicyclic) bond motifs is 1. The van der Waals surface area contributed by atoms with Crippen LogP contribution in [0, 0.1) is 0 Å². The zero-order valence-corrected chi connectivity index (χ0v) is 10.9. The van der Waals surface area contributed by atoms with E-state index in [0.29, 0.717) is 22.4 Å². The lowest BCUT2D eigenvalue weighted by molar-refractivity contribution is -0.115. The van der Waals surface area contributed by atoms with Crippen molar-refractivity contribution < 1.29 is 14.4 Å². The van der Waals surface area contributed by atoms with Crippen molar-refractivity contribution in [2.24, 2.45) is 0 Å². The van der Waals surface area contributed by atoms with Gasteiger partial charge in [0.2, 0.25) is 0 Å². The van der Waals surface area contributed by atoms with E-state index in [1.165, 1.54) is 0 Å². The molecular formula is C14H8N2O3S. The average molecular weight is 284 g/mol. The molecule has 5 nitrogen and oxygen atoms in total. The quantitative estimate of drug-likeness (QED) is 0.676. The second kappa shape index (κ2) is 4.90. The van der Waals surface area contributed by atoms with Gasteiger partial charge in [-0.15, -0.1) is 0 Å². The molecule has 0 unspecified atom stereocenters. The first-order chi connectivity index (χ1) is 9.65. The number of carbonyl (C=O) groups excluding carboxylic acids is 3. The number of carbonyl (C=O) groups is 3. The Morgan fingerprint density at radius 2 is 2.00 bits per heavy atom. The van der Waals surface area contributed by atoms with Gasteiger partial charge < -0.3 is 0 Å². The van der Waals surface area contributed by atoms with Gasteiger partial charge in [-0.1, -0.05) is 12.1 Å². The maximum atomic E-state index is 11.5. The molecule has 6 heteroatoms. The standard InChI is InChI=1S/C14H8N2O3S/c17-7-10-3-2-9-5-8(1-4-11(9)15-10)6-12-13(18)16-14(19)20-12/h1-7H,(H,16,18,19). The van der Waals surface area contributed by atoms with Crippen LogP contribution in [0.4, 0.5) is 4.79 Å². The van der Waals surface area contributed by atoms with Gasteiger partial charge in [0, 0.05) is 5.39 Å². The number of benzene rings is 1. The number of nitrogens with one attached hydrogen (secondary N) is 1. The van der Waals surface area contributed by atoms with Gasteiger partial charge in [0.05, 0.1) is 10.4 Å². The lowest BCUT2D eigenvalue weighted by Gasteiger charge is -2.00. The normalized spacial score (nSPS) is 16.7. The monoisotopic (exact) mass is 284 g/mol. The van der Waals surface area contributed by atoms with Crippen molar-refractivity contribution in [3.05, 3.63) is 46.5 Å². The summed E-state index contributed by atoms with van der Waals surface area (Å²) >= 11 is 0.880. The highest BCUT2D eigenvalue weighted by atomic mass is 32.2. The number of thioether (sulfide) groups is 1.